The van der Waals surface area contributed by atoms with E-state index >= 15 is 0 Å². The maximum atomic E-state index is 10.1. The van der Waals surface area contributed by atoms with Gasteiger partial charge in [0.2, 0.25) is 0 Å². The number of hydrogen-bond donors (Lipinski definition) is 1. The van der Waals surface area contributed by atoms with Crippen LogP contribution in [0.5, 0.6) is 0 Å². The Morgan fingerprint density at radius 1 is 0.933 bits per heavy atom. The first-order valence-electron chi connectivity index (χ1n) is 3.11. The van der Waals surface area contributed by atoms with E-state index in [0.717, 1.165) is 0 Å². The first-order chi connectivity index (χ1) is 5.78. The van der Waals surface area contributed by atoms with E-state index in [1.807, 2.05) is 0 Å². The van der Waals surface area contributed by atoms with Crippen molar-refractivity contribution in [2.45, 2.75) is 18.4 Å². The molecule has 0 aromatic rings. The van der Waals surface area contributed by atoms with Crippen molar-refractivity contribution in [3.63, 3.8) is 0 Å². The molecular formula is C6H5Na2O7-. The van der Waals surface area contributed by atoms with Crippen LogP contribution in [0.15, 0.2) is 0 Å². The minimum absolute atomic E-state index is 0. The summed E-state index contributed by atoms with van der Waals surface area (Å²) in [4.78, 5) is 30.0. The molecule has 0 aromatic carbocycles. The molecule has 0 aliphatic carbocycles. The normalized spacial score (nSPS) is 9.40. The van der Waals surface area contributed by atoms with E-state index < -0.39 is 36.4 Å². The average Bonchev–Trinajstić information content (AvgIpc) is 1.82. The van der Waals surface area contributed by atoms with Gasteiger partial charge in [-0.3, -0.25) is 0 Å². The number of hydrogen-bond acceptors (Lipinski definition) is 7. The fourth-order valence-corrected chi connectivity index (χ4v) is 0.684. The van der Waals surface area contributed by atoms with Gasteiger partial charge in [-0.05, 0) is 0 Å². The van der Waals surface area contributed by atoms with E-state index in [4.69, 9.17) is 5.11 Å². The van der Waals surface area contributed by atoms with Crippen LogP contribution >= 0.6 is 0 Å². The molecule has 0 spiro atoms. The van der Waals surface area contributed by atoms with Gasteiger partial charge in [-0.1, -0.05) is 0 Å². The fraction of sp³-hybridized carbons (Fsp3) is 0.500. The third-order valence-corrected chi connectivity index (χ3v) is 1.25. The Hall–Kier alpha value is 0.370. The molecule has 0 amide bonds. The summed E-state index contributed by atoms with van der Waals surface area (Å²) in [6.45, 7) is 0. The molecule has 0 aliphatic rings. The van der Waals surface area contributed by atoms with Gasteiger partial charge in [0.05, 0.1) is 5.97 Å². The predicted octanol–water partition coefficient (Wildman–Crippen LogP) is -11.2. The van der Waals surface area contributed by atoms with Crippen molar-refractivity contribution in [3.8, 4) is 0 Å². The first-order valence-corrected chi connectivity index (χ1v) is 3.11. The van der Waals surface area contributed by atoms with Crippen molar-refractivity contribution < 1.29 is 93.9 Å². The van der Waals surface area contributed by atoms with Gasteiger partial charge in [-0.15, -0.1) is 0 Å². The minimum atomic E-state index is -2.97. The fourth-order valence-electron chi connectivity index (χ4n) is 0.684. The maximum absolute atomic E-state index is 10.1. The van der Waals surface area contributed by atoms with Crippen molar-refractivity contribution in [3.05, 3.63) is 0 Å². The summed E-state index contributed by atoms with van der Waals surface area (Å²) in [5, 5.41) is 38.9. The van der Waals surface area contributed by atoms with Gasteiger partial charge in [0, 0.05) is 24.8 Å². The zero-order valence-electron chi connectivity index (χ0n) is 8.31. The largest absolute Gasteiger partial charge is 1.00 e. The second kappa shape index (κ2) is 8.51. The Labute approximate surface area is 129 Å². The number of aliphatic carboxylic acids is 3. The minimum Gasteiger partial charge on any atom is -0.550 e. The number of rotatable bonds is 5. The van der Waals surface area contributed by atoms with Crippen LogP contribution in [0.25, 0.3) is 0 Å². The van der Waals surface area contributed by atoms with Crippen molar-refractivity contribution in [2.75, 3.05) is 0 Å². The van der Waals surface area contributed by atoms with E-state index in [9.17, 15) is 29.7 Å². The van der Waals surface area contributed by atoms with E-state index in [1.165, 1.54) is 0 Å². The topological polar surface area (TPSA) is 141 Å². The number of carbonyl (C=O) groups is 3. The zero-order valence-corrected chi connectivity index (χ0v) is 12.3. The molecule has 9 heteroatoms. The standard InChI is InChI=1S/C6H8O7.2Na/c7-3(8)1-6(13,5(11)12)2-4(9)10;;/h13H,1-2H2,(H,7,8)(H,9,10)(H,11,12);;/q;2*+1/p-3. The molecule has 0 aromatic heterocycles. The molecule has 0 radical (unpaired) electrons. The number of carboxylic acids is 3. The van der Waals surface area contributed by atoms with Crippen LogP contribution in [0.2, 0.25) is 0 Å². The Kier molecular flexibility index (Phi) is 11.8. The van der Waals surface area contributed by atoms with Gasteiger partial charge < -0.3 is 34.8 Å². The van der Waals surface area contributed by atoms with Gasteiger partial charge >= 0.3 is 59.1 Å². The maximum Gasteiger partial charge on any atom is 1.00 e. The van der Waals surface area contributed by atoms with Crippen molar-refractivity contribution in [2.24, 2.45) is 0 Å². The van der Waals surface area contributed by atoms with Gasteiger partial charge in [-0.25, -0.2) is 0 Å². The molecule has 1 N–H and O–H groups in total. The number of carbonyl (C=O) groups excluding carboxylic acids is 3. The summed E-state index contributed by atoms with van der Waals surface area (Å²) in [6.07, 6.45) is -2.72. The Balaban J connectivity index is -0.000000720. The summed E-state index contributed by atoms with van der Waals surface area (Å²) in [5.74, 6) is -5.98. The van der Waals surface area contributed by atoms with E-state index in [1.54, 1.807) is 0 Å². The molecule has 74 valence electrons. The smallest absolute Gasteiger partial charge is 0.550 e. The Morgan fingerprint density at radius 2 is 1.20 bits per heavy atom. The van der Waals surface area contributed by atoms with Gasteiger partial charge in [-0.2, -0.15) is 0 Å². The Bertz CT molecular complexity index is 236. The third kappa shape index (κ3) is 8.21. The average molecular weight is 235 g/mol. The predicted molar refractivity (Wildman–Crippen MR) is 29.2 cm³/mol. The summed E-state index contributed by atoms with van der Waals surface area (Å²) < 4.78 is 0. The molecule has 0 bridgehead atoms. The zero-order chi connectivity index (χ0) is 10.6. The van der Waals surface area contributed by atoms with Crippen LogP contribution < -0.4 is 74.4 Å². The van der Waals surface area contributed by atoms with Crippen LogP contribution in [0.4, 0.5) is 0 Å². The van der Waals surface area contributed by atoms with Crippen molar-refractivity contribution >= 4 is 17.9 Å². The molecule has 15 heavy (non-hydrogen) atoms. The van der Waals surface area contributed by atoms with Crippen LogP contribution in [-0.2, 0) is 14.4 Å². The van der Waals surface area contributed by atoms with Gasteiger partial charge in [0.1, 0.15) is 5.60 Å². The monoisotopic (exact) mass is 235 g/mol. The van der Waals surface area contributed by atoms with E-state index in [0.29, 0.717) is 0 Å². The SMILES string of the molecule is O=C([O-])CC(O)(CC(=O)[O-])C(=O)[O-].[Na+].[Na+]. The molecule has 0 rings (SSSR count). The second-order valence-electron chi connectivity index (χ2n) is 2.42. The third-order valence-electron chi connectivity index (χ3n) is 1.25. The quantitative estimate of drug-likeness (QED) is 0.466. The van der Waals surface area contributed by atoms with Crippen molar-refractivity contribution in [1.82, 2.24) is 0 Å². The first kappa shape index (κ1) is 20.7. The number of carboxylic acid groups (broad SMARTS) is 3. The molecule has 0 unspecified atom stereocenters. The van der Waals surface area contributed by atoms with Gasteiger partial charge in [0.15, 0.2) is 0 Å². The summed E-state index contributed by atoms with van der Waals surface area (Å²) in [6, 6.07) is 0. The summed E-state index contributed by atoms with van der Waals surface area (Å²) in [7, 11) is 0. The van der Waals surface area contributed by atoms with Crippen LogP contribution in [0, 0.1) is 0 Å². The molecule has 0 aliphatic heterocycles. The second-order valence-corrected chi connectivity index (χ2v) is 2.42. The summed E-state index contributed by atoms with van der Waals surface area (Å²) >= 11 is 0. The molecule has 0 heterocycles. The van der Waals surface area contributed by atoms with Crippen LogP contribution in [-0.4, -0.2) is 28.6 Å². The molecule has 0 saturated heterocycles. The van der Waals surface area contributed by atoms with E-state index in [-0.39, 0.29) is 59.1 Å². The van der Waals surface area contributed by atoms with Crippen LogP contribution in [0.3, 0.4) is 0 Å². The molecule has 7 nitrogen and oxygen atoms in total. The summed E-state index contributed by atoms with van der Waals surface area (Å²) in [5.41, 5.74) is -2.97. The molecule has 0 atom stereocenters. The number of aliphatic hydroxyl groups is 1. The van der Waals surface area contributed by atoms with E-state index in [2.05, 4.69) is 0 Å². The molecule has 0 fully saturated rings. The van der Waals surface area contributed by atoms with Crippen LogP contribution in [0.1, 0.15) is 12.8 Å². The molecule has 0 saturated carbocycles. The Morgan fingerprint density at radius 3 is 1.33 bits per heavy atom. The van der Waals surface area contributed by atoms with Crippen molar-refractivity contribution in [1.29, 1.82) is 0 Å². The molecular weight excluding hydrogens is 230 g/mol. The van der Waals surface area contributed by atoms with Gasteiger partial charge in [0.25, 0.3) is 0 Å².